The first kappa shape index (κ1) is 26.4. The molecule has 11 heteroatoms. The Balaban J connectivity index is 0.000000479. The number of benzene rings is 1. The van der Waals surface area contributed by atoms with E-state index in [9.17, 15) is 13.2 Å². The van der Waals surface area contributed by atoms with Gasteiger partial charge in [-0.05, 0) is 37.5 Å². The minimum atomic E-state index is -6.09. The van der Waals surface area contributed by atoms with Crippen molar-refractivity contribution in [3.05, 3.63) is 35.9 Å². The molecular weight excluding hydrogens is 439 g/mol. The van der Waals surface area contributed by atoms with Crippen molar-refractivity contribution in [1.82, 2.24) is 0 Å². The molecule has 0 N–H and O–H groups in total. The van der Waals surface area contributed by atoms with Gasteiger partial charge < -0.3 is 9.08 Å². The lowest BCUT2D eigenvalue weighted by Crippen LogP contribution is -2.48. The van der Waals surface area contributed by atoms with Crippen molar-refractivity contribution < 1.29 is 40.4 Å². The van der Waals surface area contributed by atoms with Crippen LogP contribution in [0.4, 0.5) is 13.2 Å². The average Bonchev–Trinajstić information content (AvgIpc) is 2.51. The highest BCUT2D eigenvalue weighted by molar-refractivity contribution is 7.86. The summed E-state index contributed by atoms with van der Waals surface area (Å²) in [5.74, 6) is 0.315. The van der Waals surface area contributed by atoms with Gasteiger partial charge in [0.2, 0.25) is 0 Å². The zero-order chi connectivity index (χ0) is 23.6. The van der Waals surface area contributed by atoms with E-state index < -0.39 is 23.9 Å². The van der Waals surface area contributed by atoms with Gasteiger partial charge in [0.25, 0.3) is 6.21 Å². The summed E-state index contributed by atoms with van der Waals surface area (Å²) in [7, 11) is -8.01. The molecule has 1 aromatic rings. The summed E-state index contributed by atoms with van der Waals surface area (Å²) in [6.07, 6.45) is 3.04. The van der Waals surface area contributed by atoms with Crippen LogP contribution < -0.4 is 0 Å². The maximum atomic E-state index is 10.7. The van der Waals surface area contributed by atoms with Crippen LogP contribution in [0.3, 0.4) is 0 Å². The Hall–Kier alpha value is -1.59. The summed E-state index contributed by atoms with van der Waals surface area (Å²) in [5.41, 5.74) is -4.58. The van der Waals surface area contributed by atoms with Gasteiger partial charge in [0.1, 0.15) is 0 Å². The first-order valence-corrected chi connectivity index (χ1v) is 13.7. The van der Waals surface area contributed by atoms with Crippen molar-refractivity contribution in [2.75, 3.05) is 0 Å². The first-order valence-electron chi connectivity index (χ1n) is 9.35. The van der Waals surface area contributed by atoms with Crippen molar-refractivity contribution in [2.24, 2.45) is 0 Å². The Morgan fingerprint density at radius 1 is 1.17 bits per heavy atom. The molecule has 0 amide bonds. The fraction of sp³-hybridized carbons (Fsp3) is 0.632. The summed E-state index contributed by atoms with van der Waals surface area (Å²) < 4.78 is 65.2. The van der Waals surface area contributed by atoms with E-state index in [1.54, 1.807) is 4.90 Å². The third-order valence-corrected chi connectivity index (χ3v) is 9.80. The lowest BCUT2D eigenvalue weighted by Gasteiger charge is -2.34. The summed E-state index contributed by atoms with van der Waals surface area (Å²) in [4.78, 5) is 7.70. The Morgan fingerprint density at radius 2 is 1.63 bits per heavy atom. The van der Waals surface area contributed by atoms with E-state index in [1.807, 2.05) is 0 Å². The molecule has 0 radical (unpaired) electrons. The van der Waals surface area contributed by atoms with Crippen LogP contribution in [-0.2, 0) is 19.5 Å². The van der Waals surface area contributed by atoms with Crippen LogP contribution in [0.5, 0.6) is 0 Å². The molecule has 172 valence electrons. The summed E-state index contributed by atoms with van der Waals surface area (Å²) in [5, 5.41) is 0.147. The van der Waals surface area contributed by atoms with Crippen molar-refractivity contribution in [3.63, 3.8) is 0 Å². The maximum absolute atomic E-state index is 10.7. The molecule has 0 aliphatic carbocycles. The molecule has 1 unspecified atom stereocenters. The smallest absolute Gasteiger partial charge is 0.485 e. The Labute approximate surface area is 177 Å². The molecule has 0 fully saturated rings. The number of rotatable bonds is 3. The van der Waals surface area contributed by atoms with E-state index >= 15 is 0 Å². The van der Waals surface area contributed by atoms with Gasteiger partial charge in [0.05, 0.1) is 5.92 Å². The Kier molecular flexibility index (Phi) is 7.82. The molecule has 1 aliphatic rings. The third kappa shape index (κ3) is 7.58. The van der Waals surface area contributed by atoms with E-state index in [1.165, 1.54) is 5.56 Å². The lowest BCUT2D eigenvalue weighted by molar-refractivity contribution is -0.959. The molecule has 1 aliphatic heterocycles. The molecule has 0 bridgehead atoms. The van der Waals surface area contributed by atoms with E-state index in [0.717, 1.165) is 6.42 Å². The lowest BCUT2D eigenvalue weighted by atomic mass is 9.88. The number of hydrogen-bond acceptors (Lipinski definition) is 5. The predicted octanol–water partition coefficient (Wildman–Crippen LogP) is 4.96. The molecule has 0 aromatic heterocycles. The van der Waals surface area contributed by atoms with E-state index in [0.29, 0.717) is 5.92 Å². The fourth-order valence-corrected chi connectivity index (χ4v) is 3.18. The second-order valence-corrected chi connectivity index (χ2v) is 15.3. The Morgan fingerprint density at radius 3 is 2.03 bits per heavy atom. The SMILES string of the molecule is CC1(C)CC(c2ccccc2)C=[N+](O[Si](C)(C)C(C)(C)C)O1.O=S(=O)([O-])C(F)(F)F. The zero-order valence-corrected chi connectivity index (χ0v) is 20.1. The van der Waals surface area contributed by atoms with E-state index in [4.69, 9.17) is 22.3 Å². The summed E-state index contributed by atoms with van der Waals surface area (Å²) >= 11 is 0. The predicted molar refractivity (Wildman–Crippen MR) is 109 cm³/mol. The van der Waals surface area contributed by atoms with Gasteiger partial charge in [-0.15, -0.1) is 0 Å². The summed E-state index contributed by atoms with van der Waals surface area (Å²) in [6, 6.07) is 10.6. The molecule has 30 heavy (non-hydrogen) atoms. The highest BCUT2D eigenvalue weighted by Gasteiger charge is 2.48. The largest absolute Gasteiger partial charge is 0.741 e. The van der Waals surface area contributed by atoms with Gasteiger partial charge in [-0.3, -0.25) is 0 Å². The Bertz CT molecular complexity index is 847. The van der Waals surface area contributed by atoms with Gasteiger partial charge >= 0.3 is 13.8 Å². The second kappa shape index (κ2) is 8.87. The molecule has 2 rings (SSSR count). The minimum Gasteiger partial charge on any atom is -0.741 e. The quantitative estimate of drug-likeness (QED) is 0.355. The molecule has 6 nitrogen and oxygen atoms in total. The standard InChI is InChI=1S/C18H30NO2Si.CHF3O3S/c1-17(2,3)22(6,7)21-19-14-16(13-18(4,5)20-19)15-11-9-8-10-12-15;2-1(3,4)8(5,6)7/h8-12,14,16H,13H2,1-7H3;(H,5,6,7)/q+1;/p-1. The maximum Gasteiger partial charge on any atom is 0.485 e. The topological polar surface area (TPSA) is 78.7 Å². The van der Waals surface area contributed by atoms with Crippen LogP contribution in [0, 0.1) is 0 Å². The van der Waals surface area contributed by atoms with Gasteiger partial charge in [0, 0.05) is 6.42 Å². The molecule has 1 heterocycles. The number of nitrogens with zero attached hydrogens (tertiary/aromatic N) is 1. The molecule has 1 aromatic carbocycles. The fourth-order valence-electron chi connectivity index (χ4n) is 2.36. The van der Waals surface area contributed by atoms with Crippen LogP contribution in [0.15, 0.2) is 30.3 Å². The van der Waals surface area contributed by atoms with Crippen LogP contribution in [0.1, 0.15) is 52.5 Å². The van der Waals surface area contributed by atoms with Crippen LogP contribution in [0.2, 0.25) is 18.1 Å². The first-order chi connectivity index (χ1) is 13.3. The highest BCUT2D eigenvalue weighted by atomic mass is 32.2. The van der Waals surface area contributed by atoms with Crippen molar-refractivity contribution in [3.8, 4) is 0 Å². The number of halogens is 3. The van der Waals surface area contributed by atoms with Gasteiger partial charge in [-0.2, -0.15) is 13.2 Å². The van der Waals surface area contributed by atoms with Crippen LogP contribution in [-0.4, -0.2) is 43.5 Å². The van der Waals surface area contributed by atoms with Crippen molar-refractivity contribution in [2.45, 2.75) is 76.2 Å². The molecular formula is C19H30F3NO5SSi. The average molecular weight is 470 g/mol. The monoisotopic (exact) mass is 469 g/mol. The molecule has 0 saturated carbocycles. The molecule has 0 saturated heterocycles. The number of alkyl halides is 3. The van der Waals surface area contributed by atoms with Crippen molar-refractivity contribution >= 4 is 24.7 Å². The summed E-state index contributed by atoms with van der Waals surface area (Å²) in [6.45, 7) is 15.4. The van der Waals surface area contributed by atoms with Gasteiger partial charge in [0.15, 0.2) is 20.6 Å². The molecule has 1 atom stereocenters. The highest BCUT2D eigenvalue weighted by Crippen LogP contribution is 2.38. The number of hydrogen-bond donors (Lipinski definition) is 0. The van der Waals surface area contributed by atoms with Gasteiger partial charge in [-0.25, -0.2) is 13.3 Å². The minimum absolute atomic E-state index is 0.147. The normalized spacial score (nSPS) is 19.7. The van der Waals surface area contributed by atoms with Crippen molar-refractivity contribution in [1.29, 1.82) is 0 Å². The molecule has 0 spiro atoms. The zero-order valence-electron chi connectivity index (χ0n) is 18.3. The second-order valence-electron chi connectivity index (χ2n) is 9.26. The van der Waals surface area contributed by atoms with E-state index in [2.05, 4.69) is 84.3 Å². The van der Waals surface area contributed by atoms with Crippen LogP contribution in [0.25, 0.3) is 0 Å². The third-order valence-electron chi connectivity index (χ3n) is 4.99. The van der Waals surface area contributed by atoms with E-state index in [-0.39, 0.29) is 10.6 Å². The van der Waals surface area contributed by atoms with Crippen LogP contribution >= 0.6 is 0 Å². The van der Waals surface area contributed by atoms with Gasteiger partial charge in [-0.1, -0.05) is 51.1 Å².